The first-order valence-electron chi connectivity index (χ1n) is 7.39. The van der Waals surface area contributed by atoms with Crippen LogP contribution >= 0.6 is 0 Å². The van der Waals surface area contributed by atoms with Gasteiger partial charge in [0, 0.05) is 18.8 Å². The van der Waals surface area contributed by atoms with Gasteiger partial charge in [0.2, 0.25) is 0 Å². The van der Waals surface area contributed by atoms with E-state index in [0.29, 0.717) is 6.54 Å². The number of hydrogen-bond acceptors (Lipinski definition) is 3. The first-order valence-corrected chi connectivity index (χ1v) is 7.39. The Hall–Kier alpha value is -2.28. The first-order chi connectivity index (χ1) is 10.2. The van der Waals surface area contributed by atoms with Crippen molar-refractivity contribution in [2.24, 2.45) is 0 Å². The van der Waals surface area contributed by atoms with Gasteiger partial charge in [0.15, 0.2) is 0 Å². The molecule has 1 amide bonds. The van der Waals surface area contributed by atoms with Gasteiger partial charge in [-0.05, 0) is 30.9 Å². The number of rotatable bonds is 5. The Labute approximate surface area is 125 Å². The highest BCUT2D eigenvalue weighted by Gasteiger charge is 2.19. The van der Waals surface area contributed by atoms with E-state index >= 15 is 0 Å². The third-order valence-electron chi connectivity index (χ3n) is 3.86. The molecule has 0 heterocycles. The number of hydrogen-bond donors (Lipinski definition) is 2. The molecule has 21 heavy (non-hydrogen) atoms. The molecule has 1 saturated carbocycles. The minimum absolute atomic E-state index is 0.135. The predicted octanol–water partition coefficient (Wildman–Crippen LogP) is 2.55. The van der Waals surface area contributed by atoms with Crippen molar-refractivity contribution in [1.82, 2.24) is 10.6 Å². The zero-order chi connectivity index (χ0) is 15.1. The van der Waals surface area contributed by atoms with E-state index in [1.54, 1.807) is 0 Å². The molecule has 0 atom stereocenters. The molecule has 4 nitrogen and oxygen atoms in total. The molecule has 0 spiro atoms. The van der Waals surface area contributed by atoms with Crippen LogP contribution in [0.1, 0.15) is 36.8 Å². The number of carbonyl (C=O) groups is 1. The summed E-state index contributed by atoms with van der Waals surface area (Å²) in [5, 5.41) is 15.1. The van der Waals surface area contributed by atoms with Crippen LogP contribution in [0.5, 0.6) is 0 Å². The number of nitrogens with one attached hydrogen (secondary N) is 2. The topological polar surface area (TPSA) is 64.9 Å². The minimum Gasteiger partial charge on any atom is -0.386 e. The lowest BCUT2D eigenvalue weighted by molar-refractivity contribution is -0.117. The van der Waals surface area contributed by atoms with E-state index in [-0.39, 0.29) is 17.5 Å². The zero-order valence-electron chi connectivity index (χ0n) is 12.4. The summed E-state index contributed by atoms with van der Waals surface area (Å²) in [6.07, 6.45) is 5.85. The molecular weight excluding hydrogens is 262 g/mol. The van der Waals surface area contributed by atoms with Gasteiger partial charge in [-0.2, -0.15) is 5.26 Å². The normalized spacial score (nSPS) is 15.5. The van der Waals surface area contributed by atoms with Crippen LogP contribution in [0.2, 0.25) is 0 Å². The second kappa shape index (κ2) is 7.49. The molecule has 1 aromatic rings. The van der Waals surface area contributed by atoms with Gasteiger partial charge in [-0.15, -0.1) is 0 Å². The molecule has 2 N–H and O–H groups in total. The van der Waals surface area contributed by atoms with E-state index in [4.69, 9.17) is 5.26 Å². The molecule has 0 bridgehead atoms. The summed E-state index contributed by atoms with van der Waals surface area (Å²) in [7, 11) is 0. The Balaban J connectivity index is 1.89. The summed E-state index contributed by atoms with van der Waals surface area (Å²) < 4.78 is 0. The monoisotopic (exact) mass is 283 g/mol. The number of nitrogens with zero attached hydrogens (tertiary/aromatic N) is 1. The quantitative estimate of drug-likeness (QED) is 0.644. The Morgan fingerprint density at radius 3 is 2.76 bits per heavy atom. The molecule has 1 aromatic carbocycles. The minimum atomic E-state index is -0.276. The highest BCUT2D eigenvalue weighted by atomic mass is 16.1. The maximum Gasteiger partial charge on any atom is 0.263 e. The SMILES string of the molecule is Cc1ccccc1CN/C=C(/C#N)C(=O)NC1CCCC1. The van der Waals surface area contributed by atoms with Crippen molar-refractivity contribution >= 4 is 5.91 Å². The average molecular weight is 283 g/mol. The summed E-state index contributed by atoms with van der Waals surface area (Å²) in [4.78, 5) is 12.0. The fourth-order valence-corrected chi connectivity index (χ4v) is 2.55. The van der Waals surface area contributed by atoms with E-state index < -0.39 is 0 Å². The summed E-state index contributed by atoms with van der Waals surface area (Å²) >= 11 is 0. The Morgan fingerprint density at radius 1 is 1.38 bits per heavy atom. The summed E-state index contributed by atoms with van der Waals surface area (Å²) in [5.74, 6) is -0.276. The number of carbonyl (C=O) groups excluding carboxylic acids is 1. The Kier molecular flexibility index (Phi) is 5.39. The van der Waals surface area contributed by atoms with Crippen LogP contribution < -0.4 is 10.6 Å². The van der Waals surface area contributed by atoms with Crippen LogP contribution in [0, 0.1) is 18.3 Å². The Morgan fingerprint density at radius 2 is 2.10 bits per heavy atom. The van der Waals surface area contributed by atoms with Crippen LogP contribution in [0.25, 0.3) is 0 Å². The molecule has 2 rings (SSSR count). The smallest absolute Gasteiger partial charge is 0.263 e. The van der Waals surface area contributed by atoms with E-state index in [0.717, 1.165) is 31.2 Å². The van der Waals surface area contributed by atoms with Crippen molar-refractivity contribution in [3.63, 3.8) is 0 Å². The van der Waals surface area contributed by atoms with Crippen molar-refractivity contribution in [1.29, 1.82) is 5.26 Å². The number of aryl methyl sites for hydroxylation is 1. The summed E-state index contributed by atoms with van der Waals surface area (Å²) in [5.41, 5.74) is 2.48. The molecule has 0 radical (unpaired) electrons. The predicted molar refractivity (Wildman–Crippen MR) is 82.1 cm³/mol. The van der Waals surface area contributed by atoms with Gasteiger partial charge in [0.1, 0.15) is 11.6 Å². The largest absolute Gasteiger partial charge is 0.386 e. The van der Waals surface area contributed by atoms with E-state index in [1.807, 2.05) is 37.3 Å². The molecule has 0 saturated heterocycles. The van der Waals surface area contributed by atoms with Crippen molar-refractivity contribution in [3.8, 4) is 6.07 Å². The van der Waals surface area contributed by atoms with Gasteiger partial charge >= 0.3 is 0 Å². The van der Waals surface area contributed by atoms with Gasteiger partial charge < -0.3 is 10.6 Å². The van der Waals surface area contributed by atoms with Gasteiger partial charge in [-0.1, -0.05) is 37.1 Å². The third-order valence-corrected chi connectivity index (χ3v) is 3.86. The molecule has 1 fully saturated rings. The number of benzene rings is 1. The van der Waals surface area contributed by atoms with E-state index in [9.17, 15) is 4.79 Å². The van der Waals surface area contributed by atoms with Gasteiger partial charge in [0.05, 0.1) is 0 Å². The van der Waals surface area contributed by atoms with Crippen LogP contribution in [0.15, 0.2) is 36.0 Å². The van der Waals surface area contributed by atoms with E-state index in [2.05, 4.69) is 10.6 Å². The molecule has 110 valence electrons. The first kappa shape index (κ1) is 15.1. The lowest BCUT2D eigenvalue weighted by Gasteiger charge is -2.11. The van der Waals surface area contributed by atoms with Gasteiger partial charge in [0.25, 0.3) is 5.91 Å². The number of amides is 1. The fourth-order valence-electron chi connectivity index (χ4n) is 2.55. The lowest BCUT2D eigenvalue weighted by atomic mass is 10.1. The van der Waals surface area contributed by atoms with Crippen LogP contribution in [-0.2, 0) is 11.3 Å². The molecule has 0 aliphatic heterocycles. The van der Waals surface area contributed by atoms with Crippen molar-refractivity contribution < 1.29 is 4.79 Å². The summed E-state index contributed by atoms with van der Waals surface area (Å²) in [6.45, 7) is 2.65. The molecule has 0 aromatic heterocycles. The fraction of sp³-hybridized carbons (Fsp3) is 0.412. The standard InChI is InChI=1S/C17H21N3O/c1-13-6-2-3-7-14(13)11-19-12-15(10-18)17(21)20-16-8-4-5-9-16/h2-3,6-7,12,16,19H,4-5,8-9,11H2,1H3,(H,20,21)/b15-12-. The van der Waals surface area contributed by atoms with Crippen molar-refractivity contribution in [2.75, 3.05) is 0 Å². The van der Waals surface area contributed by atoms with Crippen LogP contribution in [-0.4, -0.2) is 11.9 Å². The molecule has 4 heteroatoms. The molecular formula is C17H21N3O. The maximum absolute atomic E-state index is 12.0. The third kappa shape index (κ3) is 4.35. The maximum atomic E-state index is 12.0. The molecule has 1 aliphatic rings. The lowest BCUT2D eigenvalue weighted by Crippen LogP contribution is -2.33. The molecule has 1 aliphatic carbocycles. The second-order valence-corrected chi connectivity index (χ2v) is 5.43. The second-order valence-electron chi connectivity index (χ2n) is 5.43. The highest BCUT2D eigenvalue weighted by Crippen LogP contribution is 2.17. The molecule has 0 unspecified atom stereocenters. The van der Waals surface area contributed by atoms with Gasteiger partial charge in [-0.3, -0.25) is 4.79 Å². The number of nitriles is 1. The highest BCUT2D eigenvalue weighted by molar-refractivity contribution is 5.97. The Bertz CT molecular complexity index is 566. The van der Waals surface area contributed by atoms with Crippen LogP contribution in [0.4, 0.5) is 0 Å². The van der Waals surface area contributed by atoms with Crippen LogP contribution in [0.3, 0.4) is 0 Å². The van der Waals surface area contributed by atoms with Gasteiger partial charge in [-0.25, -0.2) is 0 Å². The van der Waals surface area contributed by atoms with E-state index in [1.165, 1.54) is 11.8 Å². The summed E-state index contributed by atoms with van der Waals surface area (Å²) in [6, 6.07) is 10.2. The van der Waals surface area contributed by atoms with Crippen molar-refractivity contribution in [2.45, 2.75) is 45.2 Å². The van der Waals surface area contributed by atoms with Crippen molar-refractivity contribution in [3.05, 3.63) is 47.2 Å². The zero-order valence-corrected chi connectivity index (χ0v) is 12.4. The average Bonchev–Trinajstić information content (AvgIpc) is 2.98.